The van der Waals surface area contributed by atoms with Crippen molar-refractivity contribution in [3.05, 3.63) is 22.4 Å². The van der Waals surface area contributed by atoms with E-state index in [9.17, 15) is 9.18 Å². The zero-order valence-electron chi connectivity index (χ0n) is 9.83. The number of rotatable bonds is 2. The highest BCUT2D eigenvalue weighted by Crippen LogP contribution is 2.32. The van der Waals surface area contributed by atoms with Gasteiger partial charge in [0.25, 0.3) is 0 Å². The van der Waals surface area contributed by atoms with Crippen LogP contribution < -0.4 is 16.4 Å². The van der Waals surface area contributed by atoms with Crippen molar-refractivity contribution in [3.63, 3.8) is 0 Å². The van der Waals surface area contributed by atoms with Crippen molar-refractivity contribution in [2.24, 2.45) is 11.7 Å². The number of nitrogen functional groups attached to an aromatic ring is 1. The third-order valence-corrected chi connectivity index (χ3v) is 3.84. The summed E-state index contributed by atoms with van der Waals surface area (Å²) in [6.45, 7) is 1.34. The Morgan fingerprint density at radius 1 is 1.50 bits per heavy atom. The van der Waals surface area contributed by atoms with Gasteiger partial charge in [-0.1, -0.05) is 0 Å². The minimum atomic E-state index is -0.389. The van der Waals surface area contributed by atoms with E-state index in [1.165, 1.54) is 6.07 Å². The topological polar surface area (TPSA) is 72.4 Å². The second-order valence-corrected chi connectivity index (χ2v) is 5.37. The van der Waals surface area contributed by atoms with Gasteiger partial charge in [-0.25, -0.2) is 4.39 Å². The van der Waals surface area contributed by atoms with Gasteiger partial charge in [0.05, 0.1) is 21.8 Å². The largest absolute Gasteiger partial charge is 0.397 e. The monoisotopic (exact) mass is 315 g/mol. The van der Waals surface area contributed by atoms with Crippen LogP contribution in [0.5, 0.6) is 0 Å². The molecule has 1 saturated heterocycles. The van der Waals surface area contributed by atoms with Crippen molar-refractivity contribution in [1.82, 2.24) is 0 Å². The first kappa shape index (κ1) is 13.1. The SMILES string of the molecule is NC(=O)C1CCCN(c2cc(Br)c(F)cc2N)C1. The lowest BCUT2D eigenvalue weighted by atomic mass is 9.97. The number of nitrogens with two attached hydrogens (primary N) is 2. The summed E-state index contributed by atoms with van der Waals surface area (Å²) in [5, 5.41) is 0. The molecule has 0 aliphatic carbocycles. The van der Waals surface area contributed by atoms with E-state index < -0.39 is 0 Å². The van der Waals surface area contributed by atoms with Crippen LogP contribution in [-0.2, 0) is 4.79 Å². The fourth-order valence-electron chi connectivity index (χ4n) is 2.25. The molecule has 1 atom stereocenters. The van der Waals surface area contributed by atoms with Gasteiger partial charge >= 0.3 is 0 Å². The summed E-state index contributed by atoms with van der Waals surface area (Å²) in [4.78, 5) is 13.2. The maximum absolute atomic E-state index is 13.3. The number of hydrogen-bond donors (Lipinski definition) is 2. The predicted octanol–water partition coefficient (Wildman–Crippen LogP) is 1.87. The maximum Gasteiger partial charge on any atom is 0.222 e. The van der Waals surface area contributed by atoms with Gasteiger partial charge in [0.2, 0.25) is 5.91 Å². The minimum absolute atomic E-state index is 0.165. The normalized spacial score (nSPS) is 19.9. The van der Waals surface area contributed by atoms with Gasteiger partial charge in [0, 0.05) is 19.2 Å². The molecule has 6 heteroatoms. The summed E-state index contributed by atoms with van der Waals surface area (Å²) >= 11 is 3.14. The average Bonchev–Trinajstić information content (AvgIpc) is 2.34. The first-order valence-corrected chi connectivity index (χ1v) is 6.57. The molecule has 1 heterocycles. The molecule has 1 aromatic carbocycles. The van der Waals surface area contributed by atoms with Crippen LogP contribution in [0.3, 0.4) is 0 Å². The third kappa shape index (κ3) is 2.58. The molecule has 2 rings (SSSR count). The molecule has 1 unspecified atom stereocenters. The van der Waals surface area contributed by atoms with E-state index >= 15 is 0 Å². The standard InChI is InChI=1S/C12H15BrFN3O/c13-8-4-11(10(15)5-9(8)14)17-3-1-2-7(6-17)12(16)18/h4-5,7H,1-3,6,15H2,(H2,16,18). The van der Waals surface area contributed by atoms with Crippen molar-refractivity contribution >= 4 is 33.2 Å². The molecule has 0 aromatic heterocycles. The molecule has 0 bridgehead atoms. The number of primary amides is 1. The second-order valence-electron chi connectivity index (χ2n) is 4.51. The Morgan fingerprint density at radius 2 is 2.22 bits per heavy atom. The summed E-state index contributed by atoms with van der Waals surface area (Å²) in [5.74, 6) is -0.846. The lowest BCUT2D eigenvalue weighted by Gasteiger charge is -2.33. The molecule has 1 fully saturated rings. The molecule has 4 N–H and O–H groups in total. The van der Waals surface area contributed by atoms with Gasteiger partial charge in [0.15, 0.2) is 0 Å². The van der Waals surface area contributed by atoms with Crippen LogP contribution in [0.2, 0.25) is 0 Å². The van der Waals surface area contributed by atoms with Crippen LogP contribution in [0.4, 0.5) is 15.8 Å². The number of piperidine rings is 1. The van der Waals surface area contributed by atoms with E-state index in [2.05, 4.69) is 15.9 Å². The molecule has 1 aliphatic heterocycles. The number of nitrogens with zero attached hydrogens (tertiary/aromatic N) is 1. The summed E-state index contributed by atoms with van der Waals surface area (Å²) in [6, 6.07) is 2.93. The molecule has 0 spiro atoms. The van der Waals surface area contributed by atoms with Crippen molar-refractivity contribution in [1.29, 1.82) is 0 Å². The highest BCUT2D eigenvalue weighted by Gasteiger charge is 2.25. The number of hydrogen-bond acceptors (Lipinski definition) is 3. The smallest absolute Gasteiger partial charge is 0.222 e. The first-order chi connectivity index (χ1) is 8.49. The lowest BCUT2D eigenvalue weighted by Crippen LogP contribution is -2.41. The van der Waals surface area contributed by atoms with Crippen molar-refractivity contribution in [3.8, 4) is 0 Å². The Kier molecular flexibility index (Phi) is 3.75. The molecule has 18 heavy (non-hydrogen) atoms. The van der Waals surface area contributed by atoms with Gasteiger partial charge in [-0.2, -0.15) is 0 Å². The summed E-state index contributed by atoms with van der Waals surface area (Å²) in [5.41, 5.74) is 12.3. The number of amides is 1. The Bertz CT molecular complexity index is 481. The van der Waals surface area contributed by atoms with Gasteiger partial charge < -0.3 is 16.4 Å². The summed E-state index contributed by atoms with van der Waals surface area (Å²) in [6.07, 6.45) is 1.68. The zero-order chi connectivity index (χ0) is 13.3. The van der Waals surface area contributed by atoms with Gasteiger partial charge in [-0.05, 0) is 34.8 Å². The van der Waals surface area contributed by atoms with Crippen LogP contribution in [0.15, 0.2) is 16.6 Å². The van der Waals surface area contributed by atoms with Crippen LogP contribution in [-0.4, -0.2) is 19.0 Å². The number of benzene rings is 1. The van der Waals surface area contributed by atoms with Crippen molar-refractivity contribution in [2.45, 2.75) is 12.8 Å². The Morgan fingerprint density at radius 3 is 2.89 bits per heavy atom. The number of carbonyl (C=O) groups is 1. The maximum atomic E-state index is 13.3. The van der Waals surface area contributed by atoms with Crippen LogP contribution in [0.25, 0.3) is 0 Å². The zero-order valence-corrected chi connectivity index (χ0v) is 11.4. The quantitative estimate of drug-likeness (QED) is 0.818. The molecule has 1 amide bonds. The highest BCUT2D eigenvalue weighted by molar-refractivity contribution is 9.10. The Hall–Kier alpha value is -1.30. The van der Waals surface area contributed by atoms with E-state index in [0.29, 0.717) is 16.7 Å². The molecule has 0 saturated carbocycles. The van der Waals surface area contributed by atoms with Crippen molar-refractivity contribution < 1.29 is 9.18 Å². The van der Waals surface area contributed by atoms with Gasteiger partial charge in [-0.15, -0.1) is 0 Å². The number of halogens is 2. The average molecular weight is 316 g/mol. The number of carbonyl (C=O) groups excluding carboxylic acids is 1. The molecule has 98 valence electrons. The summed E-state index contributed by atoms with van der Waals surface area (Å²) in [7, 11) is 0. The van der Waals surface area contributed by atoms with E-state index in [1.807, 2.05) is 4.90 Å². The van der Waals surface area contributed by atoms with Gasteiger partial charge in [-0.3, -0.25) is 4.79 Å². The summed E-state index contributed by atoms with van der Waals surface area (Å²) < 4.78 is 13.7. The Labute approximate surface area is 113 Å². The third-order valence-electron chi connectivity index (χ3n) is 3.23. The van der Waals surface area contributed by atoms with E-state index in [-0.39, 0.29) is 17.6 Å². The van der Waals surface area contributed by atoms with Crippen LogP contribution in [0, 0.1) is 11.7 Å². The molecule has 4 nitrogen and oxygen atoms in total. The molecular formula is C12H15BrFN3O. The Balaban J connectivity index is 2.26. The van der Waals surface area contributed by atoms with E-state index in [4.69, 9.17) is 11.5 Å². The van der Waals surface area contributed by atoms with Crippen molar-refractivity contribution in [2.75, 3.05) is 23.7 Å². The fraction of sp³-hybridized carbons (Fsp3) is 0.417. The lowest BCUT2D eigenvalue weighted by molar-refractivity contribution is -0.122. The first-order valence-electron chi connectivity index (χ1n) is 5.78. The fourth-order valence-corrected chi connectivity index (χ4v) is 2.59. The minimum Gasteiger partial charge on any atom is -0.397 e. The van der Waals surface area contributed by atoms with Crippen LogP contribution in [0.1, 0.15) is 12.8 Å². The molecule has 0 radical (unpaired) electrons. The van der Waals surface area contributed by atoms with Crippen LogP contribution >= 0.6 is 15.9 Å². The van der Waals surface area contributed by atoms with E-state index in [0.717, 1.165) is 25.1 Å². The van der Waals surface area contributed by atoms with E-state index in [1.54, 1.807) is 6.07 Å². The molecule has 1 aliphatic rings. The van der Waals surface area contributed by atoms with Gasteiger partial charge in [0.1, 0.15) is 5.82 Å². The number of anilines is 2. The second kappa shape index (κ2) is 5.14. The highest BCUT2D eigenvalue weighted by atomic mass is 79.9. The molecular weight excluding hydrogens is 301 g/mol. The molecule has 1 aromatic rings. The predicted molar refractivity (Wildman–Crippen MR) is 72.6 cm³/mol.